The second-order valence-electron chi connectivity index (χ2n) is 3.58. The number of pyridine rings is 1. The summed E-state index contributed by atoms with van der Waals surface area (Å²) in [4.78, 5) is 22.7. The third-order valence-corrected chi connectivity index (χ3v) is 2.24. The van der Waals surface area contributed by atoms with E-state index in [-0.39, 0.29) is 5.56 Å². The monoisotopic (exact) mass is 223 g/mol. The van der Waals surface area contributed by atoms with Gasteiger partial charge < -0.3 is 4.74 Å². The summed E-state index contributed by atoms with van der Waals surface area (Å²) in [5.41, 5.74) is -0.360. The number of carbonyl (C=O) groups is 1. The molecule has 1 aromatic rings. The van der Waals surface area contributed by atoms with Crippen LogP contribution in [0.3, 0.4) is 0 Å². The van der Waals surface area contributed by atoms with Gasteiger partial charge in [-0.15, -0.1) is 0 Å². The van der Waals surface area contributed by atoms with E-state index in [2.05, 4.69) is 6.92 Å². The minimum absolute atomic E-state index is 0.360. The Kier molecular flexibility index (Phi) is 5.32. The average Bonchev–Trinajstić information content (AvgIpc) is 2.29. The van der Waals surface area contributed by atoms with Crippen molar-refractivity contribution in [3.8, 4) is 0 Å². The Morgan fingerprint density at radius 3 is 2.81 bits per heavy atom. The van der Waals surface area contributed by atoms with Crippen molar-refractivity contribution in [2.45, 2.75) is 32.6 Å². The van der Waals surface area contributed by atoms with Gasteiger partial charge in [0.25, 0.3) is 5.56 Å². The van der Waals surface area contributed by atoms with Gasteiger partial charge in [-0.05, 0) is 12.5 Å². The standard InChI is InChI=1S/C12H17NO3/c1-2-3-4-7-10-16-12(15)13-9-6-5-8-11(13)14/h5-6,8-9H,2-4,7,10H2,1H3. The van der Waals surface area contributed by atoms with Crippen LogP contribution in [0.4, 0.5) is 4.79 Å². The van der Waals surface area contributed by atoms with Gasteiger partial charge in [0.15, 0.2) is 0 Å². The zero-order valence-corrected chi connectivity index (χ0v) is 9.52. The average molecular weight is 223 g/mol. The van der Waals surface area contributed by atoms with E-state index >= 15 is 0 Å². The Hall–Kier alpha value is -1.58. The number of ether oxygens (including phenoxy) is 1. The summed E-state index contributed by atoms with van der Waals surface area (Å²) < 4.78 is 5.95. The van der Waals surface area contributed by atoms with Gasteiger partial charge in [0, 0.05) is 12.3 Å². The van der Waals surface area contributed by atoms with E-state index in [1.165, 1.54) is 12.3 Å². The van der Waals surface area contributed by atoms with E-state index in [1.54, 1.807) is 12.1 Å². The molecule has 0 aliphatic carbocycles. The van der Waals surface area contributed by atoms with Crippen molar-refractivity contribution in [2.24, 2.45) is 0 Å². The van der Waals surface area contributed by atoms with Gasteiger partial charge >= 0.3 is 6.09 Å². The van der Waals surface area contributed by atoms with E-state index in [0.29, 0.717) is 6.61 Å². The molecule has 88 valence electrons. The van der Waals surface area contributed by atoms with Gasteiger partial charge in [-0.3, -0.25) is 4.79 Å². The van der Waals surface area contributed by atoms with Crippen LogP contribution in [0.15, 0.2) is 29.2 Å². The number of rotatable bonds is 5. The maximum Gasteiger partial charge on any atom is 0.420 e. The molecule has 0 saturated carbocycles. The Labute approximate surface area is 94.9 Å². The fourth-order valence-corrected chi connectivity index (χ4v) is 1.34. The van der Waals surface area contributed by atoms with Crippen molar-refractivity contribution in [3.63, 3.8) is 0 Å². The molecule has 4 nitrogen and oxygen atoms in total. The van der Waals surface area contributed by atoms with Gasteiger partial charge in [-0.1, -0.05) is 32.3 Å². The van der Waals surface area contributed by atoms with Gasteiger partial charge in [0.05, 0.1) is 6.61 Å². The molecular weight excluding hydrogens is 206 g/mol. The lowest BCUT2D eigenvalue weighted by atomic mass is 10.2. The van der Waals surface area contributed by atoms with Crippen molar-refractivity contribution in [2.75, 3.05) is 6.61 Å². The largest absolute Gasteiger partial charge is 0.449 e. The second kappa shape index (κ2) is 6.82. The SMILES string of the molecule is CCCCCCOC(=O)n1ccccc1=O. The molecule has 16 heavy (non-hydrogen) atoms. The molecular formula is C12H17NO3. The molecule has 0 aliphatic heterocycles. The van der Waals surface area contributed by atoms with Crippen LogP contribution in [0.2, 0.25) is 0 Å². The zero-order valence-electron chi connectivity index (χ0n) is 9.52. The van der Waals surface area contributed by atoms with Gasteiger partial charge in [0.2, 0.25) is 0 Å². The predicted molar refractivity (Wildman–Crippen MR) is 61.6 cm³/mol. The Balaban J connectivity index is 2.36. The lowest BCUT2D eigenvalue weighted by molar-refractivity contribution is 0.144. The Morgan fingerprint density at radius 2 is 2.12 bits per heavy atom. The molecule has 1 heterocycles. The lowest BCUT2D eigenvalue weighted by Gasteiger charge is -2.05. The quantitative estimate of drug-likeness (QED) is 0.720. The molecule has 0 unspecified atom stereocenters. The topological polar surface area (TPSA) is 48.3 Å². The fourth-order valence-electron chi connectivity index (χ4n) is 1.34. The van der Waals surface area contributed by atoms with Crippen LogP contribution in [0.5, 0.6) is 0 Å². The minimum atomic E-state index is -0.595. The Morgan fingerprint density at radius 1 is 1.31 bits per heavy atom. The van der Waals surface area contributed by atoms with Crippen LogP contribution in [0.25, 0.3) is 0 Å². The normalized spacial score (nSPS) is 10.1. The van der Waals surface area contributed by atoms with Crippen molar-refractivity contribution in [1.29, 1.82) is 0 Å². The fraction of sp³-hybridized carbons (Fsp3) is 0.500. The summed E-state index contributed by atoms with van der Waals surface area (Å²) in [6.07, 6.45) is 5.00. The maximum absolute atomic E-state index is 11.4. The highest BCUT2D eigenvalue weighted by Crippen LogP contribution is 1.99. The predicted octanol–water partition coefficient (Wildman–Crippen LogP) is 2.41. The number of hydrogen-bond acceptors (Lipinski definition) is 3. The first kappa shape index (κ1) is 12.5. The van der Waals surface area contributed by atoms with Crippen molar-refractivity contribution in [3.05, 3.63) is 34.7 Å². The first-order chi connectivity index (χ1) is 7.75. The molecule has 0 radical (unpaired) electrons. The second-order valence-corrected chi connectivity index (χ2v) is 3.58. The first-order valence-electron chi connectivity index (χ1n) is 5.60. The van der Waals surface area contributed by atoms with Crippen LogP contribution < -0.4 is 5.56 Å². The number of aromatic nitrogens is 1. The molecule has 0 spiro atoms. The third kappa shape index (κ3) is 3.88. The molecule has 0 aromatic carbocycles. The highest BCUT2D eigenvalue weighted by atomic mass is 16.5. The van der Waals surface area contributed by atoms with E-state index < -0.39 is 6.09 Å². The summed E-state index contributed by atoms with van der Waals surface area (Å²) in [7, 11) is 0. The van der Waals surface area contributed by atoms with Gasteiger partial charge in [-0.2, -0.15) is 0 Å². The van der Waals surface area contributed by atoms with Gasteiger partial charge in [0.1, 0.15) is 0 Å². The van der Waals surface area contributed by atoms with Crippen molar-refractivity contribution >= 4 is 6.09 Å². The number of hydrogen-bond donors (Lipinski definition) is 0. The summed E-state index contributed by atoms with van der Waals surface area (Å²) >= 11 is 0. The number of unbranched alkanes of at least 4 members (excludes halogenated alkanes) is 3. The summed E-state index contributed by atoms with van der Waals surface area (Å²) in [5.74, 6) is 0. The molecule has 0 saturated heterocycles. The van der Waals surface area contributed by atoms with E-state index in [1.807, 2.05) is 0 Å². The summed E-state index contributed by atoms with van der Waals surface area (Å²) in [5, 5.41) is 0. The maximum atomic E-state index is 11.4. The summed E-state index contributed by atoms with van der Waals surface area (Å²) in [6, 6.07) is 4.55. The molecule has 0 atom stereocenters. The van der Waals surface area contributed by atoms with Crippen LogP contribution in [0, 0.1) is 0 Å². The van der Waals surface area contributed by atoms with Crippen LogP contribution in [0.1, 0.15) is 32.6 Å². The number of carbonyl (C=O) groups excluding carboxylic acids is 1. The zero-order chi connectivity index (χ0) is 11.8. The van der Waals surface area contributed by atoms with Crippen molar-refractivity contribution < 1.29 is 9.53 Å². The molecule has 0 aliphatic rings. The smallest absolute Gasteiger partial charge is 0.420 e. The molecule has 0 amide bonds. The van der Waals surface area contributed by atoms with Crippen molar-refractivity contribution in [1.82, 2.24) is 4.57 Å². The Bertz CT molecular complexity index is 384. The molecule has 0 bridgehead atoms. The highest BCUT2D eigenvalue weighted by Gasteiger charge is 2.05. The number of nitrogens with zero attached hydrogens (tertiary/aromatic N) is 1. The van der Waals surface area contributed by atoms with E-state index in [9.17, 15) is 9.59 Å². The molecule has 0 fully saturated rings. The van der Waals surface area contributed by atoms with E-state index in [0.717, 1.165) is 30.3 Å². The van der Waals surface area contributed by atoms with Gasteiger partial charge in [-0.25, -0.2) is 9.36 Å². The third-order valence-electron chi connectivity index (χ3n) is 2.24. The molecule has 1 aromatic heterocycles. The molecule has 1 rings (SSSR count). The highest BCUT2D eigenvalue weighted by molar-refractivity contribution is 5.70. The lowest BCUT2D eigenvalue weighted by Crippen LogP contribution is -2.26. The molecule has 0 N–H and O–H groups in total. The molecule has 4 heteroatoms. The van der Waals surface area contributed by atoms with E-state index in [4.69, 9.17) is 4.74 Å². The minimum Gasteiger partial charge on any atom is -0.449 e. The summed E-state index contributed by atoms with van der Waals surface area (Å²) in [6.45, 7) is 2.50. The van der Waals surface area contributed by atoms with Crippen LogP contribution in [-0.2, 0) is 4.74 Å². The first-order valence-corrected chi connectivity index (χ1v) is 5.60. The van der Waals surface area contributed by atoms with Crippen LogP contribution >= 0.6 is 0 Å². The van der Waals surface area contributed by atoms with Crippen LogP contribution in [-0.4, -0.2) is 17.3 Å².